The summed E-state index contributed by atoms with van der Waals surface area (Å²) in [6.45, 7) is 0. The minimum absolute atomic E-state index is 0.194. The van der Waals surface area contributed by atoms with E-state index in [1.807, 2.05) is 30.3 Å². The Kier molecular flexibility index (Phi) is 6.22. The molecule has 0 saturated heterocycles. The number of aromatic amines is 2. The largest absolute Gasteiger partial charge is 0.344 e. The van der Waals surface area contributed by atoms with E-state index in [2.05, 4.69) is 20.5 Å². The van der Waals surface area contributed by atoms with Crippen molar-refractivity contribution < 1.29 is 4.79 Å². The predicted octanol–water partition coefficient (Wildman–Crippen LogP) is 1.80. The predicted molar refractivity (Wildman–Crippen MR) is 99.4 cm³/mol. The van der Waals surface area contributed by atoms with Crippen molar-refractivity contribution in [3.8, 4) is 0 Å². The quantitative estimate of drug-likeness (QED) is 0.604. The van der Waals surface area contributed by atoms with Gasteiger partial charge in [-0.2, -0.15) is 5.10 Å². The molecule has 1 fully saturated rings. The van der Waals surface area contributed by atoms with Crippen molar-refractivity contribution in [1.82, 2.24) is 20.5 Å². The number of aromatic nitrogens is 3. The third-order valence-corrected chi connectivity index (χ3v) is 5.10. The molecule has 0 spiro atoms. The maximum atomic E-state index is 12.6. The average molecular weight is 357 g/mol. The molecule has 2 aromatic rings. The molecular formula is C19H27N5O2. The van der Waals surface area contributed by atoms with Crippen molar-refractivity contribution in [2.75, 3.05) is 0 Å². The van der Waals surface area contributed by atoms with Gasteiger partial charge in [0.25, 0.3) is 0 Å². The van der Waals surface area contributed by atoms with Crippen molar-refractivity contribution in [3.05, 3.63) is 52.2 Å². The molecule has 0 radical (unpaired) electrons. The van der Waals surface area contributed by atoms with Gasteiger partial charge in [-0.25, -0.2) is 9.89 Å². The highest BCUT2D eigenvalue weighted by molar-refractivity contribution is 5.81. The first kappa shape index (κ1) is 18.4. The van der Waals surface area contributed by atoms with E-state index in [0.29, 0.717) is 24.6 Å². The van der Waals surface area contributed by atoms with Gasteiger partial charge in [0.05, 0.1) is 12.1 Å². The zero-order chi connectivity index (χ0) is 18.4. The highest BCUT2D eigenvalue weighted by atomic mass is 16.2. The van der Waals surface area contributed by atoms with Gasteiger partial charge < -0.3 is 11.1 Å². The fourth-order valence-electron chi connectivity index (χ4n) is 3.68. The number of carbonyl (C=O) groups excluding carboxylic acids is 1. The Morgan fingerprint density at radius 2 is 1.96 bits per heavy atom. The molecule has 140 valence electrons. The van der Waals surface area contributed by atoms with Crippen LogP contribution >= 0.6 is 0 Å². The first-order chi connectivity index (χ1) is 12.6. The van der Waals surface area contributed by atoms with Crippen LogP contribution in [0.1, 0.15) is 56.0 Å². The van der Waals surface area contributed by atoms with Gasteiger partial charge in [0.15, 0.2) is 5.82 Å². The zero-order valence-corrected chi connectivity index (χ0v) is 14.9. The van der Waals surface area contributed by atoms with Crippen molar-refractivity contribution in [2.24, 2.45) is 11.7 Å². The highest BCUT2D eigenvalue weighted by Crippen LogP contribution is 2.27. The summed E-state index contributed by atoms with van der Waals surface area (Å²) in [6.07, 6.45) is 7.28. The van der Waals surface area contributed by atoms with Crippen molar-refractivity contribution in [3.63, 3.8) is 0 Å². The second-order valence-electron chi connectivity index (χ2n) is 7.16. The Morgan fingerprint density at radius 1 is 1.23 bits per heavy atom. The minimum Gasteiger partial charge on any atom is -0.344 e. The second-order valence-corrected chi connectivity index (χ2v) is 7.16. The lowest BCUT2D eigenvalue weighted by molar-refractivity contribution is -0.123. The van der Waals surface area contributed by atoms with Gasteiger partial charge in [-0.15, -0.1) is 0 Å². The number of nitrogens with two attached hydrogens (primary N) is 1. The van der Waals surface area contributed by atoms with E-state index in [4.69, 9.17) is 5.73 Å². The molecule has 1 unspecified atom stereocenters. The average Bonchev–Trinajstić information content (AvgIpc) is 3.09. The van der Waals surface area contributed by atoms with E-state index in [-0.39, 0.29) is 11.6 Å². The second kappa shape index (κ2) is 8.80. The van der Waals surface area contributed by atoms with Gasteiger partial charge in [0, 0.05) is 0 Å². The van der Waals surface area contributed by atoms with E-state index in [0.717, 1.165) is 18.4 Å². The van der Waals surface area contributed by atoms with Gasteiger partial charge in [-0.05, 0) is 24.3 Å². The number of amides is 1. The van der Waals surface area contributed by atoms with Crippen LogP contribution in [0.5, 0.6) is 0 Å². The van der Waals surface area contributed by atoms with Gasteiger partial charge in [0.2, 0.25) is 5.91 Å². The van der Waals surface area contributed by atoms with E-state index < -0.39 is 12.1 Å². The molecule has 1 aliphatic rings. The summed E-state index contributed by atoms with van der Waals surface area (Å²) in [6, 6.07) is 8.81. The van der Waals surface area contributed by atoms with Crippen LogP contribution in [-0.4, -0.2) is 27.1 Å². The summed E-state index contributed by atoms with van der Waals surface area (Å²) in [4.78, 5) is 26.7. The van der Waals surface area contributed by atoms with Crippen LogP contribution in [-0.2, 0) is 11.2 Å². The van der Waals surface area contributed by atoms with Crippen molar-refractivity contribution >= 4 is 5.91 Å². The number of nitrogens with one attached hydrogen (secondary N) is 3. The minimum atomic E-state index is -0.540. The van der Waals surface area contributed by atoms with E-state index >= 15 is 0 Å². The molecule has 1 aromatic heterocycles. The molecule has 1 heterocycles. The Morgan fingerprint density at radius 3 is 2.62 bits per heavy atom. The van der Waals surface area contributed by atoms with Crippen LogP contribution in [0.3, 0.4) is 0 Å². The highest BCUT2D eigenvalue weighted by Gasteiger charge is 2.25. The lowest BCUT2D eigenvalue weighted by atomic mass is 9.85. The Balaban J connectivity index is 1.66. The van der Waals surface area contributed by atoms with Crippen molar-refractivity contribution in [1.29, 1.82) is 0 Å². The summed E-state index contributed by atoms with van der Waals surface area (Å²) in [5, 5.41) is 9.32. The van der Waals surface area contributed by atoms with Gasteiger partial charge in [-0.1, -0.05) is 62.4 Å². The maximum Gasteiger partial charge on any atom is 0.340 e. The third-order valence-electron chi connectivity index (χ3n) is 5.10. The summed E-state index contributed by atoms with van der Waals surface area (Å²) in [5.41, 5.74) is 6.81. The van der Waals surface area contributed by atoms with Gasteiger partial charge in [0.1, 0.15) is 0 Å². The van der Waals surface area contributed by atoms with E-state index in [1.165, 1.54) is 19.3 Å². The Hall–Kier alpha value is -2.41. The molecule has 7 heteroatoms. The number of carbonyl (C=O) groups is 1. The topological polar surface area (TPSA) is 117 Å². The molecule has 1 amide bonds. The summed E-state index contributed by atoms with van der Waals surface area (Å²) >= 11 is 0. The van der Waals surface area contributed by atoms with Gasteiger partial charge in [-0.3, -0.25) is 9.78 Å². The number of nitrogens with zero attached hydrogens (tertiary/aromatic N) is 1. The van der Waals surface area contributed by atoms with Crippen LogP contribution in [0.15, 0.2) is 35.1 Å². The maximum absolute atomic E-state index is 12.6. The lowest BCUT2D eigenvalue weighted by Gasteiger charge is -2.25. The van der Waals surface area contributed by atoms with Crippen LogP contribution in [0.4, 0.5) is 0 Å². The number of H-pyrrole nitrogens is 2. The molecule has 26 heavy (non-hydrogen) atoms. The normalized spacial score (nSPS) is 17.6. The number of benzene rings is 1. The Labute approximate surface area is 152 Å². The summed E-state index contributed by atoms with van der Waals surface area (Å²) in [5.74, 6) is 0.750. The first-order valence-electron chi connectivity index (χ1n) is 9.36. The smallest absolute Gasteiger partial charge is 0.340 e. The number of hydrogen-bond donors (Lipinski definition) is 4. The molecule has 5 N–H and O–H groups in total. The SMILES string of the molecule is N[C@@H](CC1CCCCC1)C(=O)NC(Cc1ccccc1)c1n[nH]c(=O)[nH]1. The number of hydrogen-bond acceptors (Lipinski definition) is 4. The molecule has 7 nitrogen and oxygen atoms in total. The molecule has 2 atom stereocenters. The third kappa shape index (κ3) is 5.05. The fraction of sp³-hybridized carbons (Fsp3) is 0.526. The Bertz CT molecular complexity index is 749. The summed E-state index contributed by atoms with van der Waals surface area (Å²) < 4.78 is 0. The molecule has 3 rings (SSSR count). The molecule has 0 bridgehead atoms. The lowest BCUT2D eigenvalue weighted by Crippen LogP contribution is -2.44. The number of rotatable bonds is 7. The van der Waals surface area contributed by atoms with Crippen molar-refractivity contribution in [2.45, 2.75) is 57.0 Å². The first-order valence-corrected chi connectivity index (χ1v) is 9.36. The van der Waals surface area contributed by atoms with Crippen LogP contribution in [0.2, 0.25) is 0 Å². The van der Waals surface area contributed by atoms with Crippen LogP contribution in [0.25, 0.3) is 0 Å². The molecule has 1 aliphatic carbocycles. The van der Waals surface area contributed by atoms with Crippen LogP contribution in [0, 0.1) is 5.92 Å². The monoisotopic (exact) mass is 357 g/mol. The molecular weight excluding hydrogens is 330 g/mol. The standard InChI is InChI=1S/C19H27N5O2/c20-15(11-13-7-3-1-4-8-13)18(25)21-16(17-22-19(26)24-23-17)12-14-9-5-2-6-10-14/h2,5-6,9-10,13,15-16H,1,3-4,7-8,11-12,20H2,(H,21,25)(H2,22,23,24,26)/t15-,16?/m0/s1. The van der Waals surface area contributed by atoms with Crippen LogP contribution < -0.4 is 16.7 Å². The fourth-order valence-corrected chi connectivity index (χ4v) is 3.68. The molecule has 1 saturated carbocycles. The molecule has 1 aromatic carbocycles. The van der Waals surface area contributed by atoms with E-state index in [9.17, 15) is 9.59 Å². The van der Waals surface area contributed by atoms with E-state index in [1.54, 1.807) is 0 Å². The summed E-state index contributed by atoms with van der Waals surface area (Å²) in [7, 11) is 0. The van der Waals surface area contributed by atoms with Gasteiger partial charge >= 0.3 is 5.69 Å². The molecule has 0 aliphatic heterocycles. The zero-order valence-electron chi connectivity index (χ0n) is 14.9.